The van der Waals surface area contributed by atoms with Gasteiger partial charge in [0.1, 0.15) is 0 Å². The zero-order chi connectivity index (χ0) is 13.7. The van der Waals surface area contributed by atoms with E-state index in [0.29, 0.717) is 18.4 Å². The van der Waals surface area contributed by atoms with Gasteiger partial charge in [0.25, 0.3) is 0 Å². The minimum atomic E-state index is 0.128. The number of nitrogens with two attached hydrogens (primary N) is 1. The molecule has 2 rings (SSSR count). The van der Waals surface area contributed by atoms with Crippen molar-refractivity contribution >= 4 is 5.91 Å². The second-order valence-electron chi connectivity index (χ2n) is 5.72. The molecule has 0 bridgehead atoms. The number of hydrogen-bond donors (Lipinski definition) is 2. The van der Waals surface area contributed by atoms with Crippen molar-refractivity contribution in [3.05, 3.63) is 35.4 Å². The molecule has 1 aromatic carbocycles. The van der Waals surface area contributed by atoms with Crippen LogP contribution in [-0.2, 0) is 17.8 Å². The van der Waals surface area contributed by atoms with Gasteiger partial charge in [-0.2, -0.15) is 0 Å². The van der Waals surface area contributed by atoms with Gasteiger partial charge in [0.05, 0.1) is 6.42 Å². The van der Waals surface area contributed by atoms with Gasteiger partial charge in [0.15, 0.2) is 0 Å². The topological polar surface area (TPSA) is 55.1 Å². The van der Waals surface area contributed by atoms with Crippen LogP contribution in [0, 0.1) is 5.41 Å². The van der Waals surface area contributed by atoms with E-state index in [1.54, 1.807) is 0 Å². The Morgan fingerprint density at radius 1 is 1.26 bits per heavy atom. The number of benzene rings is 1. The van der Waals surface area contributed by atoms with Crippen LogP contribution < -0.4 is 11.1 Å². The van der Waals surface area contributed by atoms with Crippen molar-refractivity contribution in [1.82, 2.24) is 5.32 Å². The summed E-state index contributed by atoms with van der Waals surface area (Å²) in [5.41, 5.74) is 8.13. The summed E-state index contributed by atoms with van der Waals surface area (Å²) in [6.07, 6.45) is 5.45. The van der Waals surface area contributed by atoms with Gasteiger partial charge < -0.3 is 11.1 Å². The maximum Gasteiger partial charge on any atom is 0.224 e. The van der Waals surface area contributed by atoms with Crippen molar-refractivity contribution < 1.29 is 4.79 Å². The zero-order valence-corrected chi connectivity index (χ0v) is 11.7. The first-order chi connectivity index (χ1) is 9.17. The van der Waals surface area contributed by atoms with Crippen molar-refractivity contribution in [2.45, 2.75) is 45.6 Å². The molecule has 1 saturated carbocycles. The highest BCUT2D eigenvalue weighted by molar-refractivity contribution is 5.78. The Morgan fingerprint density at radius 2 is 1.89 bits per heavy atom. The molecule has 0 aromatic heterocycles. The van der Waals surface area contributed by atoms with Gasteiger partial charge in [-0.15, -0.1) is 0 Å². The molecule has 1 fully saturated rings. The third kappa shape index (κ3) is 4.06. The predicted octanol–water partition coefficient (Wildman–Crippen LogP) is 2.38. The van der Waals surface area contributed by atoms with Gasteiger partial charge in [-0.05, 0) is 35.8 Å². The first-order valence-electron chi connectivity index (χ1n) is 7.22. The molecule has 1 aliphatic rings. The zero-order valence-electron chi connectivity index (χ0n) is 11.7. The Bertz CT molecular complexity index is 421. The first-order valence-corrected chi connectivity index (χ1v) is 7.22. The minimum absolute atomic E-state index is 0.128. The summed E-state index contributed by atoms with van der Waals surface area (Å²) < 4.78 is 0. The summed E-state index contributed by atoms with van der Waals surface area (Å²) in [5.74, 6) is 0.128. The second-order valence-corrected chi connectivity index (χ2v) is 5.72. The van der Waals surface area contributed by atoms with Crippen LogP contribution in [0.2, 0.25) is 0 Å². The Kier molecular flexibility index (Phi) is 4.59. The van der Waals surface area contributed by atoms with Crippen molar-refractivity contribution in [1.29, 1.82) is 0 Å². The smallest absolute Gasteiger partial charge is 0.224 e. The lowest BCUT2D eigenvalue weighted by molar-refractivity contribution is -0.120. The monoisotopic (exact) mass is 260 g/mol. The van der Waals surface area contributed by atoms with Gasteiger partial charge in [-0.1, -0.05) is 37.6 Å². The van der Waals surface area contributed by atoms with E-state index in [0.717, 1.165) is 17.7 Å². The molecule has 0 heterocycles. The summed E-state index contributed by atoms with van der Waals surface area (Å²) in [5, 5.41) is 3.08. The van der Waals surface area contributed by atoms with E-state index in [1.165, 1.54) is 25.7 Å². The number of carbonyl (C=O) groups excluding carboxylic acids is 1. The molecule has 0 unspecified atom stereocenters. The van der Waals surface area contributed by atoms with Crippen LogP contribution >= 0.6 is 0 Å². The number of hydrogen-bond acceptors (Lipinski definition) is 2. The van der Waals surface area contributed by atoms with E-state index in [-0.39, 0.29) is 5.91 Å². The predicted molar refractivity (Wildman–Crippen MR) is 77.6 cm³/mol. The van der Waals surface area contributed by atoms with E-state index in [4.69, 9.17) is 5.73 Å². The molecule has 3 nitrogen and oxygen atoms in total. The Balaban J connectivity index is 1.77. The van der Waals surface area contributed by atoms with Crippen LogP contribution in [0.4, 0.5) is 0 Å². The van der Waals surface area contributed by atoms with Crippen LogP contribution in [0.5, 0.6) is 0 Å². The van der Waals surface area contributed by atoms with E-state index >= 15 is 0 Å². The van der Waals surface area contributed by atoms with Crippen molar-refractivity contribution in [3.63, 3.8) is 0 Å². The van der Waals surface area contributed by atoms with E-state index in [1.807, 2.05) is 24.3 Å². The highest BCUT2D eigenvalue weighted by atomic mass is 16.1. The average Bonchev–Trinajstić information content (AvgIpc) is 3.18. The third-order valence-corrected chi connectivity index (χ3v) is 4.02. The van der Waals surface area contributed by atoms with Crippen LogP contribution in [0.15, 0.2) is 24.3 Å². The molecule has 3 N–H and O–H groups in total. The fourth-order valence-corrected chi connectivity index (χ4v) is 2.55. The molecule has 1 aliphatic carbocycles. The summed E-state index contributed by atoms with van der Waals surface area (Å²) in [7, 11) is 0. The molecule has 1 aromatic rings. The summed E-state index contributed by atoms with van der Waals surface area (Å²) in [6.45, 7) is 3.60. The van der Waals surface area contributed by atoms with E-state index in [9.17, 15) is 4.79 Å². The summed E-state index contributed by atoms with van der Waals surface area (Å²) >= 11 is 0. The van der Waals surface area contributed by atoms with Gasteiger partial charge in [0.2, 0.25) is 5.91 Å². The molecular weight excluding hydrogens is 236 g/mol. The highest BCUT2D eigenvalue weighted by Crippen LogP contribution is 2.48. The molecule has 0 saturated heterocycles. The lowest BCUT2D eigenvalue weighted by Gasteiger charge is -2.14. The molecular formula is C16H24N2O. The third-order valence-electron chi connectivity index (χ3n) is 4.02. The molecule has 104 valence electrons. The van der Waals surface area contributed by atoms with Gasteiger partial charge in [-0.3, -0.25) is 4.79 Å². The summed E-state index contributed by atoms with van der Waals surface area (Å²) in [4.78, 5) is 11.9. The molecule has 3 heteroatoms. The molecule has 1 amide bonds. The Hall–Kier alpha value is -1.35. The van der Waals surface area contributed by atoms with Gasteiger partial charge >= 0.3 is 0 Å². The number of nitrogens with one attached hydrogen (secondary N) is 1. The second kappa shape index (κ2) is 6.20. The molecule has 0 aliphatic heterocycles. The van der Waals surface area contributed by atoms with Crippen molar-refractivity contribution in [2.24, 2.45) is 11.1 Å². The first kappa shape index (κ1) is 14.1. The largest absolute Gasteiger partial charge is 0.355 e. The van der Waals surface area contributed by atoms with Crippen LogP contribution in [0.25, 0.3) is 0 Å². The van der Waals surface area contributed by atoms with Crippen LogP contribution in [-0.4, -0.2) is 12.5 Å². The van der Waals surface area contributed by atoms with Gasteiger partial charge in [-0.25, -0.2) is 0 Å². The quantitative estimate of drug-likeness (QED) is 0.791. The van der Waals surface area contributed by atoms with Gasteiger partial charge in [0, 0.05) is 13.1 Å². The Labute approximate surface area is 115 Å². The standard InChI is InChI=1S/C16H24N2O/c1-2-7-16(8-9-16)12-18-15(19)10-13-3-5-14(11-17)6-4-13/h3-6H,2,7-12,17H2,1H3,(H,18,19). The lowest BCUT2D eigenvalue weighted by Crippen LogP contribution is -2.31. The van der Waals surface area contributed by atoms with Crippen molar-refractivity contribution in [3.8, 4) is 0 Å². The Morgan fingerprint density at radius 3 is 2.42 bits per heavy atom. The van der Waals surface area contributed by atoms with Crippen LogP contribution in [0.1, 0.15) is 43.7 Å². The molecule has 0 spiro atoms. The van der Waals surface area contributed by atoms with Crippen LogP contribution in [0.3, 0.4) is 0 Å². The molecule has 0 radical (unpaired) electrons. The van der Waals surface area contributed by atoms with E-state index in [2.05, 4.69) is 12.2 Å². The molecule has 19 heavy (non-hydrogen) atoms. The number of carbonyl (C=O) groups is 1. The minimum Gasteiger partial charge on any atom is -0.355 e. The number of rotatable bonds is 7. The fourth-order valence-electron chi connectivity index (χ4n) is 2.55. The van der Waals surface area contributed by atoms with E-state index < -0.39 is 0 Å². The maximum atomic E-state index is 11.9. The SMILES string of the molecule is CCCC1(CNC(=O)Cc2ccc(CN)cc2)CC1. The molecule has 0 atom stereocenters. The normalized spacial score (nSPS) is 16.1. The summed E-state index contributed by atoms with van der Waals surface area (Å²) in [6, 6.07) is 7.95. The van der Waals surface area contributed by atoms with Crippen molar-refractivity contribution in [2.75, 3.05) is 6.54 Å². The number of amides is 1. The lowest BCUT2D eigenvalue weighted by atomic mass is 10.0. The average molecular weight is 260 g/mol. The fraction of sp³-hybridized carbons (Fsp3) is 0.562. The highest BCUT2D eigenvalue weighted by Gasteiger charge is 2.41. The maximum absolute atomic E-state index is 11.9.